The third kappa shape index (κ3) is 2.74. The van der Waals surface area contributed by atoms with Gasteiger partial charge >= 0.3 is 5.97 Å². The number of H-pyrrole nitrogens is 1. The van der Waals surface area contributed by atoms with E-state index < -0.39 is 5.97 Å². The highest BCUT2D eigenvalue weighted by molar-refractivity contribution is 5.87. The number of carboxylic acids is 1. The van der Waals surface area contributed by atoms with Crippen LogP contribution in [-0.4, -0.2) is 41.1 Å². The van der Waals surface area contributed by atoms with Crippen LogP contribution < -0.4 is 5.56 Å². The zero-order valence-electron chi connectivity index (χ0n) is 9.77. The minimum atomic E-state index is -1.05. The Labute approximate surface area is 99.1 Å². The molecule has 17 heavy (non-hydrogen) atoms. The highest BCUT2D eigenvalue weighted by Crippen LogP contribution is 2.24. The van der Waals surface area contributed by atoms with Gasteiger partial charge in [-0.25, -0.2) is 4.79 Å². The number of hydrogen-bond acceptors (Lipinski definition) is 3. The molecule has 1 aromatic rings. The van der Waals surface area contributed by atoms with Gasteiger partial charge in [-0.3, -0.25) is 4.79 Å². The van der Waals surface area contributed by atoms with Gasteiger partial charge in [0.1, 0.15) is 0 Å². The summed E-state index contributed by atoms with van der Waals surface area (Å²) >= 11 is 0. The van der Waals surface area contributed by atoms with Crippen LogP contribution in [0.25, 0.3) is 0 Å². The summed E-state index contributed by atoms with van der Waals surface area (Å²) in [7, 11) is 2.03. The largest absolute Gasteiger partial charge is 0.478 e. The van der Waals surface area contributed by atoms with Gasteiger partial charge in [-0.2, -0.15) is 0 Å². The highest BCUT2D eigenvalue weighted by atomic mass is 16.4. The molecule has 5 heteroatoms. The van der Waals surface area contributed by atoms with Gasteiger partial charge in [0.05, 0.1) is 5.56 Å². The van der Waals surface area contributed by atoms with Crippen molar-refractivity contribution in [1.29, 1.82) is 0 Å². The van der Waals surface area contributed by atoms with Crippen molar-refractivity contribution in [2.75, 3.05) is 20.1 Å². The predicted molar refractivity (Wildman–Crippen MR) is 63.5 cm³/mol. The lowest BCUT2D eigenvalue weighted by atomic mass is 9.94. The Morgan fingerprint density at radius 1 is 1.53 bits per heavy atom. The Kier molecular flexibility index (Phi) is 3.28. The van der Waals surface area contributed by atoms with Gasteiger partial charge in [0.2, 0.25) is 5.56 Å². The van der Waals surface area contributed by atoms with E-state index in [1.165, 1.54) is 0 Å². The molecule has 0 amide bonds. The minimum Gasteiger partial charge on any atom is -0.478 e. The fraction of sp³-hybridized carbons (Fsp3) is 0.500. The Morgan fingerprint density at radius 2 is 2.29 bits per heavy atom. The summed E-state index contributed by atoms with van der Waals surface area (Å²) in [6, 6.07) is 2.70. The summed E-state index contributed by atoms with van der Waals surface area (Å²) in [4.78, 5) is 27.2. The summed E-state index contributed by atoms with van der Waals surface area (Å²) in [5, 5.41) is 8.92. The van der Waals surface area contributed by atoms with Crippen molar-refractivity contribution < 1.29 is 9.90 Å². The third-order valence-electron chi connectivity index (χ3n) is 3.18. The van der Waals surface area contributed by atoms with Gasteiger partial charge in [-0.1, -0.05) is 0 Å². The van der Waals surface area contributed by atoms with E-state index in [0.717, 1.165) is 37.7 Å². The van der Waals surface area contributed by atoms with E-state index in [0.29, 0.717) is 0 Å². The predicted octanol–water partition coefficient (Wildman–Crippen LogP) is 0.882. The van der Waals surface area contributed by atoms with E-state index in [9.17, 15) is 9.59 Å². The fourth-order valence-corrected chi connectivity index (χ4v) is 2.33. The summed E-state index contributed by atoms with van der Waals surface area (Å²) in [6.07, 6.45) is 2.06. The van der Waals surface area contributed by atoms with Crippen molar-refractivity contribution in [3.8, 4) is 0 Å². The Bertz CT molecular complexity index is 481. The molecule has 2 N–H and O–H groups in total. The van der Waals surface area contributed by atoms with Crippen LogP contribution in [0.4, 0.5) is 0 Å². The Hall–Kier alpha value is -1.62. The summed E-state index contributed by atoms with van der Waals surface area (Å²) in [5.41, 5.74) is 0.464. The molecule has 0 radical (unpaired) electrons. The molecule has 0 spiro atoms. The maximum absolute atomic E-state index is 11.4. The average molecular weight is 236 g/mol. The molecule has 1 aliphatic rings. The minimum absolute atomic E-state index is 0.0666. The quantitative estimate of drug-likeness (QED) is 0.799. The first-order chi connectivity index (χ1) is 8.06. The van der Waals surface area contributed by atoms with Crippen molar-refractivity contribution >= 4 is 5.97 Å². The highest BCUT2D eigenvalue weighted by Gasteiger charge is 2.20. The lowest BCUT2D eigenvalue weighted by molar-refractivity contribution is 0.0696. The number of pyridine rings is 1. The summed E-state index contributed by atoms with van der Waals surface area (Å²) in [6.45, 7) is 1.92. The number of aromatic carboxylic acids is 1. The maximum atomic E-state index is 11.4. The van der Waals surface area contributed by atoms with Crippen molar-refractivity contribution in [1.82, 2.24) is 9.88 Å². The maximum Gasteiger partial charge on any atom is 0.335 e. The van der Waals surface area contributed by atoms with Crippen LogP contribution in [0.15, 0.2) is 16.9 Å². The topological polar surface area (TPSA) is 73.4 Å². The zero-order valence-corrected chi connectivity index (χ0v) is 9.77. The number of likely N-dealkylation sites (N-methyl/N-ethyl adjacent to an activating group) is 1. The Morgan fingerprint density at radius 3 is 2.94 bits per heavy atom. The number of carboxylic acid groups (broad SMARTS) is 1. The monoisotopic (exact) mass is 236 g/mol. The van der Waals surface area contributed by atoms with E-state index in [2.05, 4.69) is 9.88 Å². The van der Waals surface area contributed by atoms with Crippen LogP contribution in [0, 0.1) is 0 Å². The number of rotatable bonds is 2. The SMILES string of the molecule is CN1CCCC(c2cc(C(=O)O)cc(=O)[nH]2)C1. The van der Waals surface area contributed by atoms with Crippen LogP contribution in [0.1, 0.15) is 34.8 Å². The molecule has 1 fully saturated rings. The number of nitrogens with one attached hydrogen (secondary N) is 1. The van der Waals surface area contributed by atoms with Crippen LogP contribution in [0.5, 0.6) is 0 Å². The average Bonchev–Trinajstić information content (AvgIpc) is 2.28. The number of aromatic amines is 1. The molecule has 0 aliphatic carbocycles. The standard InChI is InChI=1S/C12H16N2O3/c1-14-4-2-3-8(7-14)10-5-9(12(16)17)6-11(15)13-10/h5-6,8H,2-4,7H2,1H3,(H,13,15)(H,16,17). The van der Waals surface area contributed by atoms with Crippen molar-refractivity contribution in [2.24, 2.45) is 0 Å². The first-order valence-electron chi connectivity index (χ1n) is 5.72. The molecule has 1 aromatic heterocycles. The normalized spacial score (nSPS) is 21.4. The van der Waals surface area contributed by atoms with Gasteiger partial charge in [0, 0.05) is 24.2 Å². The molecular formula is C12H16N2O3. The molecule has 5 nitrogen and oxygen atoms in total. The third-order valence-corrected chi connectivity index (χ3v) is 3.18. The van der Waals surface area contributed by atoms with Crippen molar-refractivity contribution in [3.63, 3.8) is 0 Å². The number of piperidine rings is 1. The van der Waals surface area contributed by atoms with Crippen LogP contribution in [0.2, 0.25) is 0 Å². The zero-order chi connectivity index (χ0) is 12.4. The second-order valence-corrected chi connectivity index (χ2v) is 4.60. The summed E-state index contributed by atoms with van der Waals surface area (Å²) < 4.78 is 0. The smallest absolute Gasteiger partial charge is 0.335 e. The molecule has 2 heterocycles. The van der Waals surface area contributed by atoms with E-state index >= 15 is 0 Å². The van der Waals surface area contributed by atoms with Gasteiger partial charge < -0.3 is 15.0 Å². The molecule has 0 aromatic carbocycles. The lowest BCUT2D eigenvalue weighted by Gasteiger charge is -2.29. The number of aromatic nitrogens is 1. The van der Waals surface area contributed by atoms with Crippen LogP contribution in [-0.2, 0) is 0 Å². The number of hydrogen-bond donors (Lipinski definition) is 2. The Balaban J connectivity index is 2.31. The molecule has 2 rings (SSSR count). The molecule has 92 valence electrons. The molecule has 0 bridgehead atoms. The number of nitrogens with zero attached hydrogens (tertiary/aromatic N) is 1. The second kappa shape index (κ2) is 4.71. The van der Waals surface area contributed by atoms with Crippen molar-refractivity contribution in [2.45, 2.75) is 18.8 Å². The van der Waals surface area contributed by atoms with Gasteiger partial charge in [-0.15, -0.1) is 0 Å². The molecule has 1 saturated heterocycles. The van der Waals surface area contributed by atoms with E-state index in [4.69, 9.17) is 5.11 Å². The molecule has 1 aliphatic heterocycles. The van der Waals surface area contributed by atoms with Crippen LogP contribution >= 0.6 is 0 Å². The molecular weight excluding hydrogens is 220 g/mol. The molecule has 1 unspecified atom stereocenters. The van der Waals surface area contributed by atoms with Crippen molar-refractivity contribution in [3.05, 3.63) is 33.7 Å². The lowest BCUT2D eigenvalue weighted by Crippen LogP contribution is -2.32. The number of carbonyl (C=O) groups is 1. The molecule has 1 atom stereocenters. The fourth-order valence-electron chi connectivity index (χ4n) is 2.33. The van der Waals surface area contributed by atoms with Crippen LogP contribution in [0.3, 0.4) is 0 Å². The molecule has 0 saturated carbocycles. The van der Waals surface area contributed by atoms with E-state index in [-0.39, 0.29) is 17.0 Å². The van der Waals surface area contributed by atoms with Gasteiger partial charge in [0.15, 0.2) is 0 Å². The second-order valence-electron chi connectivity index (χ2n) is 4.60. The van der Waals surface area contributed by atoms with E-state index in [1.54, 1.807) is 6.07 Å². The number of likely N-dealkylation sites (tertiary alicyclic amines) is 1. The first kappa shape index (κ1) is 11.9. The van der Waals surface area contributed by atoms with Gasteiger partial charge in [0.25, 0.3) is 0 Å². The van der Waals surface area contributed by atoms with E-state index in [1.807, 2.05) is 7.05 Å². The first-order valence-corrected chi connectivity index (χ1v) is 5.72. The van der Waals surface area contributed by atoms with Gasteiger partial charge in [-0.05, 0) is 32.5 Å². The summed E-state index contributed by atoms with van der Waals surface area (Å²) in [5.74, 6) is -0.831.